The summed E-state index contributed by atoms with van der Waals surface area (Å²) in [7, 11) is 2.53. The Labute approximate surface area is 372 Å². The fraction of sp³-hybridized carbons (Fsp3) is 0.763. The first-order valence-electron chi connectivity index (χ1n) is 20.3. The van der Waals surface area contributed by atoms with Crippen LogP contribution in [0.2, 0.25) is 0 Å². The minimum atomic E-state index is -1.99. The van der Waals surface area contributed by atoms with Crippen LogP contribution >= 0.6 is 21.6 Å². The molecule has 0 aliphatic heterocycles. The van der Waals surface area contributed by atoms with Gasteiger partial charge >= 0.3 is 11.9 Å². The molecule has 0 bridgehead atoms. The number of unbranched alkanes of at least 4 members (excludes halogenated alkanes) is 1. The van der Waals surface area contributed by atoms with E-state index in [2.05, 4.69) is 27.8 Å². The molecule has 4 amide bonds. The minimum Gasteiger partial charge on any atom is -0.481 e. The van der Waals surface area contributed by atoms with Crippen LogP contribution in [0.5, 0.6) is 0 Å². The van der Waals surface area contributed by atoms with Gasteiger partial charge in [0.05, 0.1) is 31.5 Å². The number of allylic oxidation sites excluding steroid dienone is 1. The monoisotopic (exact) mass is 946 g/mol. The Morgan fingerprint density at radius 3 is 1.52 bits per heavy atom. The van der Waals surface area contributed by atoms with Crippen LogP contribution < -0.4 is 21.3 Å². The number of aliphatic hydroxyl groups is 10. The predicted molar refractivity (Wildman–Crippen MR) is 226 cm³/mol. The molecule has 0 aliphatic carbocycles. The number of rotatable bonds is 37. The highest BCUT2D eigenvalue weighted by Crippen LogP contribution is 2.24. The molecule has 12 atom stereocenters. The van der Waals surface area contributed by atoms with Crippen molar-refractivity contribution in [3.8, 4) is 0 Å². The Morgan fingerprint density at radius 1 is 0.619 bits per heavy atom. The van der Waals surface area contributed by atoms with Crippen LogP contribution in [0.1, 0.15) is 71.1 Å². The molecular formula is C38H66N4O19S2. The second-order valence-corrected chi connectivity index (χ2v) is 17.3. The summed E-state index contributed by atoms with van der Waals surface area (Å²) in [5.74, 6) is -8.64. The number of carboxylic acids is 2. The third-order valence-corrected chi connectivity index (χ3v) is 12.2. The second-order valence-electron chi connectivity index (χ2n) is 14.7. The van der Waals surface area contributed by atoms with E-state index in [9.17, 15) is 84.6 Å². The molecule has 25 heteroatoms. The van der Waals surface area contributed by atoms with E-state index in [-0.39, 0.29) is 25.0 Å². The van der Waals surface area contributed by atoms with Crippen molar-refractivity contribution in [3.05, 3.63) is 12.7 Å². The standard InChI is InChI=1S/C38H66N4O19S2/c1-3-5-6-13-62-63-19-23(38(60)61)42-37(59)21(8-11-30(51)40-16-26(47)33(55)35(57)28(49)18-44)14-24(45)22(9-12-31(52)53)41-36(58)20(4-2)7-10-29(50)39-15-25(46)32(54)34(56)27(48)17-43/h3,20-23,25-28,32-35,43-44,46-49,54-57H,1,4-19H2,2H3,(H,39,50)(H,40,51)(H,41,58)(H,42,59)(H,52,53)(H,60,61)/t20-,21+,22-,23-,25+,26+,27-,28-,32-,33-,34-,35-/m1/s1. The fourth-order valence-electron chi connectivity index (χ4n) is 5.62. The number of hydrogen-bond acceptors (Lipinski definition) is 19. The molecule has 0 saturated carbocycles. The third-order valence-electron chi connectivity index (χ3n) is 9.71. The van der Waals surface area contributed by atoms with E-state index >= 15 is 0 Å². The van der Waals surface area contributed by atoms with Gasteiger partial charge in [0.2, 0.25) is 23.6 Å². The zero-order valence-corrected chi connectivity index (χ0v) is 36.7. The van der Waals surface area contributed by atoms with E-state index in [1.165, 1.54) is 21.6 Å². The molecule has 0 radical (unpaired) electrons. The molecule has 0 aliphatic rings. The number of carboxylic acid groups (broad SMARTS) is 2. The average Bonchev–Trinajstić information content (AvgIpc) is 3.26. The number of Topliss-reactive ketones (excluding diaryl/α,β-unsaturated/α-hetero) is 1. The maximum absolute atomic E-state index is 13.8. The number of hydrogen-bond donors (Lipinski definition) is 16. The first-order chi connectivity index (χ1) is 29.6. The molecule has 0 unspecified atom stereocenters. The van der Waals surface area contributed by atoms with Crippen LogP contribution in [-0.2, 0) is 33.6 Å². The minimum absolute atomic E-state index is 0.0911. The van der Waals surface area contributed by atoms with Crippen molar-refractivity contribution in [1.82, 2.24) is 21.3 Å². The Balaban J connectivity index is 6.04. The van der Waals surface area contributed by atoms with Crippen LogP contribution in [0.4, 0.5) is 0 Å². The number of aliphatic hydroxyl groups excluding tert-OH is 10. The van der Waals surface area contributed by atoms with E-state index in [4.69, 9.17) is 10.2 Å². The Bertz CT molecular complexity index is 1430. The highest BCUT2D eigenvalue weighted by molar-refractivity contribution is 8.76. The maximum Gasteiger partial charge on any atom is 0.327 e. The molecule has 0 aromatic carbocycles. The Kier molecular flexibility index (Phi) is 31.3. The lowest BCUT2D eigenvalue weighted by Crippen LogP contribution is -2.50. The summed E-state index contributed by atoms with van der Waals surface area (Å²) in [5, 5.41) is 125. The zero-order valence-electron chi connectivity index (χ0n) is 35.1. The summed E-state index contributed by atoms with van der Waals surface area (Å²) in [4.78, 5) is 89.7. The van der Waals surface area contributed by atoms with Crippen LogP contribution in [0.15, 0.2) is 12.7 Å². The number of carbonyl (C=O) groups is 7. The zero-order chi connectivity index (χ0) is 48.2. The van der Waals surface area contributed by atoms with Crippen LogP contribution in [0.3, 0.4) is 0 Å². The summed E-state index contributed by atoms with van der Waals surface area (Å²) >= 11 is 0. The third kappa shape index (κ3) is 24.4. The second kappa shape index (κ2) is 33.1. The molecule has 0 spiro atoms. The van der Waals surface area contributed by atoms with Gasteiger partial charge in [-0.15, -0.1) is 6.58 Å². The van der Waals surface area contributed by atoms with Crippen molar-refractivity contribution in [2.45, 2.75) is 132 Å². The fourth-order valence-corrected chi connectivity index (χ4v) is 7.89. The molecule has 0 fully saturated rings. The van der Waals surface area contributed by atoms with Crippen molar-refractivity contribution in [2.75, 3.05) is 37.8 Å². The quantitative estimate of drug-likeness (QED) is 0.0159. The maximum atomic E-state index is 13.8. The van der Waals surface area contributed by atoms with Gasteiger partial charge in [-0.25, -0.2) is 4.79 Å². The summed E-state index contributed by atoms with van der Waals surface area (Å²) in [6.07, 6.45) is -14.7. The van der Waals surface area contributed by atoms with E-state index < -0.39 is 173 Å². The van der Waals surface area contributed by atoms with E-state index in [0.717, 1.165) is 12.8 Å². The molecule has 0 heterocycles. The van der Waals surface area contributed by atoms with Gasteiger partial charge in [-0.3, -0.25) is 28.8 Å². The molecule has 16 N–H and O–H groups in total. The topological polar surface area (TPSA) is 410 Å². The first kappa shape index (κ1) is 59.5. The summed E-state index contributed by atoms with van der Waals surface area (Å²) in [5.41, 5.74) is 0. The van der Waals surface area contributed by atoms with Gasteiger partial charge in [0.25, 0.3) is 0 Å². The number of ketones is 1. The highest BCUT2D eigenvalue weighted by Gasteiger charge is 2.34. The molecular weight excluding hydrogens is 881 g/mol. The van der Waals surface area contributed by atoms with Crippen molar-refractivity contribution in [2.24, 2.45) is 11.8 Å². The van der Waals surface area contributed by atoms with Crippen LogP contribution in [0.25, 0.3) is 0 Å². The van der Waals surface area contributed by atoms with Crippen LogP contribution in [-0.4, -0.2) is 201 Å². The van der Waals surface area contributed by atoms with Gasteiger partial charge in [-0.05, 0) is 38.5 Å². The number of aliphatic carboxylic acids is 2. The summed E-state index contributed by atoms with van der Waals surface area (Å²) < 4.78 is 0. The molecule has 0 aromatic rings. The van der Waals surface area contributed by atoms with Crippen molar-refractivity contribution in [1.29, 1.82) is 0 Å². The van der Waals surface area contributed by atoms with Gasteiger partial charge in [0.1, 0.15) is 42.7 Å². The van der Waals surface area contributed by atoms with Crippen LogP contribution in [0, 0.1) is 11.8 Å². The Morgan fingerprint density at radius 2 is 1.08 bits per heavy atom. The van der Waals surface area contributed by atoms with E-state index in [1.807, 2.05) is 0 Å². The van der Waals surface area contributed by atoms with Crippen molar-refractivity contribution >= 4 is 62.9 Å². The Hall–Kier alpha value is -3.47. The largest absolute Gasteiger partial charge is 0.481 e. The average molecular weight is 947 g/mol. The summed E-state index contributed by atoms with van der Waals surface area (Å²) in [6.45, 7) is 2.13. The lowest BCUT2D eigenvalue weighted by Gasteiger charge is -2.26. The molecule has 0 saturated heterocycles. The number of carbonyl (C=O) groups excluding carboxylic acids is 5. The predicted octanol–water partition coefficient (Wildman–Crippen LogP) is -4.48. The van der Waals surface area contributed by atoms with Gasteiger partial charge in [-0.1, -0.05) is 34.6 Å². The van der Waals surface area contributed by atoms with Crippen molar-refractivity contribution in [3.63, 3.8) is 0 Å². The molecule has 63 heavy (non-hydrogen) atoms. The smallest absolute Gasteiger partial charge is 0.327 e. The normalized spacial score (nSPS) is 17.2. The first-order valence-corrected chi connectivity index (χ1v) is 22.8. The van der Waals surface area contributed by atoms with E-state index in [0.29, 0.717) is 5.75 Å². The van der Waals surface area contributed by atoms with Gasteiger partial charge < -0.3 is 82.5 Å². The molecule has 23 nitrogen and oxygen atoms in total. The SMILES string of the molecule is C=CCCCSSC[C@@H](NC(=O)[C@@H](CCC(=O)NC[C@H](O)[C@@H](O)[C@H](O)[C@H](O)CO)CC(=O)[C@@H](CCC(=O)O)NC(=O)[C@H](CC)CCC(=O)NC[C@H](O)[C@@H](O)[C@H](O)[C@H](O)CO)C(=O)O. The van der Waals surface area contributed by atoms with Gasteiger partial charge in [0.15, 0.2) is 5.78 Å². The van der Waals surface area contributed by atoms with Crippen molar-refractivity contribution < 1.29 is 94.8 Å². The van der Waals surface area contributed by atoms with Gasteiger partial charge in [0, 0.05) is 62.1 Å². The summed E-state index contributed by atoms with van der Waals surface area (Å²) in [6, 6.07) is -2.95. The highest BCUT2D eigenvalue weighted by atomic mass is 33.1. The number of nitrogens with one attached hydrogen (secondary N) is 4. The number of amides is 4. The molecule has 0 rings (SSSR count). The van der Waals surface area contributed by atoms with E-state index in [1.54, 1.807) is 13.0 Å². The lowest BCUT2D eigenvalue weighted by molar-refractivity contribution is -0.142. The van der Waals surface area contributed by atoms with Gasteiger partial charge in [-0.2, -0.15) is 0 Å². The molecule has 364 valence electrons. The molecule has 0 aromatic heterocycles. The lowest BCUT2D eigenvalue weighted by atomic mass is 9.90.